The first kappa shape index (κ1) is 21.0. The van der Waals surface area contributed by atoms with Crippen molar-refractivity contribution in [2.24, 2.45) is 5.92 Å². The van der Waals surface area contributed by atoms with E-state index < -0.39 is 10.0 Å². The van der Waals surface area contributed by atoms with Gasteiger partial charge in [-0.25, -0.2) is 12.4 Å². The molecule has 1 aliphatic carbocycles. The fourth-order valence-corrected chi connectivity index (χ4v) is 6.63. The van der Waals surface area contributed by atoms with Crippen molar-refractivity contribution >= 4 is 26.8 Å². The van der Waals surface area contributed by atoms with Crippen LogP contribution in [0.15, 0.2) is 18.2 Å². The average Bonchev–Trinajstić information content (AvgIpc) is 3.06. The Kier molecular flexibility index (Phi) is 5.37. The number of aromatic nitrogens is 1. The maximum absolute atomic E-state index is 13.2. The molecular formula is C24H33N3O3S. The van der Waals surface area contributed by atoms with E-state index in [4.69, 9.17) is 0 Å². The van der Waals surface area contributed by atoms with Crippen molar-refractivity contribution in [2.75, 3.05) is 25.4 Å². The average molecular weight is 444 g/mol. The van der Waals surface area contributed by atoms with Gasteiger partial charge in [-0.05, 0) is 62.3 Å². The number of carbonyl (C=O) groups is 1. The van der Waals surface area contributed by atoms with Crippen LogP contribution < -0.4 is 0 Å². The van der Waals surface area contributed by atoms with E-state index in [1.165, 1.54) is 19.3 Å². The first-order chi connectivity index (χ1) is 14.9. The second kappa shape index (κ2) is 7.93. The summed E-state index contributed by atoms with van der Waals surface area (Å²) < 4.78 is 27.6. The first-order valence-corrected chi connectivity index (χ1v) is 13.4. The van der Waals surface area contributed by atoms with Crippen molar-refractivity contribution in [3.63, 3.8) is 0 Å². The summed E-state index contributed by atoms with van der Waals surface area (Å²) in [6.45, 7) is 7.23. The molecule has 0 bridgehead atoms. The number of carbonyl (C=O) groups excluding carboxylic acids is 1. The summed E-state index contributed by atoms with van der Waals surface area (Å²) in [4.78, 5) is 17.7. The van der Waals surface area contributed by atoms with Crippen LogP contribution in [0.2, 0.25) is 0 Å². The Morgan fingerprint density at radius 3 is 2.48 bits per heavy atom. The molecule has 1 aromatic heterocycles. The van der Waals surface area contributed by atoms with Gasteiger partial charge in [0.05, 0.1) is 11.3 Å². The van der Waals surface area contributed by atoms with Crippen LogP contribution in [0.5, 0.6) is 0 Å². The van der Waals surface area contributed by atoms with E-state index >= 15 is 0 Å². The molecule has 0 radical (unpaired) electrons. The SMILES string of the molecule is CCS(=O)(=O)n1c2c(c3cc(C(=O)N4CCC(C)CC4)ccc31)CN(C1CCC1)CC2. The standard InChI is InChI=1S/C24H33N3O3S/c1-3-31(29,30)27-22-8-7-18(24(28)25-12-9-17(2)10-13-25)15-20(22)21-16-26(14-11-23(21)27)19-5-4-6-19/h7-8,15,17,19H,3-6,9-14,16H2,1-2H3. The van der Waals surface area contributed by atoms with Crippen LogP contribution in [-0.2, 0) is 23.0 Å². The summed E-state index contributed by atoms with van der Waals surface area (Å²) in [6, 6.07) is 6.25. The number of hydrogen-bond acceptors (Lipinski definition) is 4. The van der Waals surface area contributed by atoms with Crippen LogP contribution >= 0.6 is 0 Å². The van der Waals surface area contributed by atoms with Gasteiger partial charge in [-0.1, -0.05) is 13.3 Å². The normalized spacial score (nSPS) is 21.3. The third-order valence-electron chi connectivity index (χ3n) is 7.68. The van der Waals surface area contributed by atoms with Gasteiger partial charge in [0.25, 0.3) is 5.91 Å². The Balaban J connectivity index is 1.57. The predicted molar refractivity (Wildman–Crippen MR) is 123 cm³/mol. The van der Waals surface area contributed by atoms with E-state index in [0.717, 1.165) is 67.6 Å². The zero-order chi connectivity index (χ0) is 21.8. The predicted octanol–water partition coefficient (Wildman–Crippen LogP) is 3.62. The van der Waals surface area contributed by atoms with Crippen LogP contribution in [0.4, 0.5) is 0 Å². The number of hydrogen-bond donors (Lipinski definition) is 0. The van der Waals surface area contributed by atoms with Crippen LogP contribution in [-0.4, -0.2) is 59.5 Å². The van der Waals surface area contributed by atoms with Gasteiger partial charge >= 0.3 is 0 Å². The lowest BCUT2D eigenvalue weighted by molar-refractivity contribution is 0.0697. The summed E-state index contributed by atoms with van der Waals surface area (Å²) in [7, 11) is -3.41. The molecule has 1 saturated carbocycles. The second-order valence-corrected chi connectivity index (χ2v) is 11.7. The Hall–Kier alpha value is -1.86. The van der Waals surface area contributed by atoms with Crippen LogP contribution in [0.3, 0.4) is 0 Å². The number of benzene rings is 1. The van der Waals surface area contributed by atoms with Gasteiger partial charge < -0.3 is 4.90 Å². The zero-order valence-electron chi connectivity index (χ0n) is 18.6. The molecule has 0 unspecified atom stereocenters. The molecule has 1 amide bonds. The topological polar surface area (TPSA) is 62.6 Å². The molecule has 1 saturated heterocycles. The quantitative estimate of drug-likeness (QED) is 0.724. The van der Waals surface area contributed by atoms with Gasteiger partial charge in [-0.3, -0.25) is 9.69 Å². The minimum atomic E-state index is -3.41. The van der Waals surface area contributed by atoms with Crippen LogP contribution in [0.25, 0.3) is 10.9 Å². The second-order valence-electron chi connectivity index (χ2n) is 9.60. The Bertz CT molecular complexity index is 1110. The molecule has 2 aliphatic heterocycles. The van der Waals surface area contributed by atoms with Gasteiger partial charge in [0.15, 0.2) is 0 Å². The zero-order valence-corrected chi connectivity index (χ0v) is 19.5. The van der Waals surface area contributed by atoms with Crippen LogP contribution in [0.1, 0.15) is 67.6 Å². The van der Waals surface area contributed by atoms with Crippen LogP contribution in [0, 0.1) is 5.92 Å². The Morgan fingerprint density at radius 1 is 1.10 bits per heavy atom. The molecule has 5 rings (SSSR count). The number of nitrogens with zero attached hydrogens (tertiary/aromatic N) is 3. The first-order valence-electron chi connectivity index (χ1n) is 11.8. The largest absolute Gasteiger partial charge is 0.339 e. The Morgan fingerprint density at radius 2 is 1.84 bits per heavy atom. The number of fused-ring (bicyclic) bond motifs is 3. The molecule has 7 heteroatoms. The Labute approximate surface area is 185 Å². The molecule has 6 nitrogen and oxygen atoms in total. The summed E-state index contributed by atoms with van der Waals surface area (Å²) in [5, 5.41) is 0.937. The maximum atomic E-state index is 13.2. The fourth-order valence-electron chi connectivity index (χ4n) is 5.38. The number of likely N-dealkylation sites (tertiary alicyclic amines) is 1. The van der Waals surface area contributed by atoms with E-state index in [0.29, 0.717) is 17.5 Å². The van der Waals surface area contributed by atoms with E-state index in [1.807, 2.05) is 23.1 Å². The van der Waals surface area contributed by atoms with Gasteiger partial charge in [0.1, 0.15) is 0 Å². The van der Waals surface area contributed by atoms with Gasteiger partial charge in [0, 0.05) is 55.3 Å². The number of rotatable bonds is 4. The van der Waals surface area contributed by atoms with E-state index in [1.54, 1.807) is 10.9 Å². The number of piperidine rings is 1. The van der Waals surface area contributed by atoms with Crippen molar-refractivity contribution < 1.29 is 13.2 Å². The van der Waals surface area contributed by atoms with E-state index in [9.17, 15) is 13.2 Å². The molecule has 3 aliphatic rings. The molecular weight excluding hydrogens is 410 g/mol. The summed E-state index contributed by atoms with van der Waals surface area (Å²) in [5.41, 5.74) is 3.43. The molecule has 2 fully saturated rings. The van der Waals surface area contributed by atoms with Gasteiger partial charge in [-0.2, -0.15) is 0 Å². The molecule has 1 aromatic carbocycles. The minimum Gasteiger partial charge on any atom is -0.339 e. The van der Waals surface area contributed by atoms with Gasteiger partial charge in [-0.15, -0.1) is 0 Å². The van der Waals surface area contributed by atoms with E-state index in [-0.39, 0.29) is 11.7 Å². The maximum Gasteiger partial charge on any atom is 0.253 e. The molecule has 0 N–H and O–H groups in total. The van der Waals surface area contributed by atoms with Crippen molar-refractivity contribution in [3.05, 3.63) is 35.0 Å². The smallest absolute Gasteiger partial charge is 0.253 e. The van der Waals surface area contributed by atoms with Crippen molar-refractivity contribution in [2.45, 2.75) is 65.0 Å². The third kappa shape index (κ3) is 3.59. The lowest BCUT2D eigenvalue weighted by Crippen LogP contribution is -2.43. The van der Waals surface area contributed by atoms with Crippen molar-refractivity contribution in [3.8, 4) is 0 Å². The molecule has 2 aromatic rings. The molecule has 168 valence electrons. The van der Waals surface area contributed by atoms with Gasteiger partial charge in [0.2, 0.25) is 10.0 Å². The monoisotopic (exact) mass is 443 g/mol. The lowest BCUT2D eigenvalue weighted by Gasteiger charge is -2.40. The fraction of sp³-hybridized carbons (Fsp3) is 0.625. The highest BCUT2D eigenvalue weighted by atomic mass is 32.2. The number of amides is 1. The highest BCUT2D eigenvalue weighted by Gasteiger charge is 2.33. The minimum absolute atomic E-state index is 0.0697. The molecule has 31 heavy (non-hydrogen) atoms. The van der Waals surface area contributed by atoms with Crippen molar-refractivity contribution in [1.29, 1.82) is 0 Å². The molecule has 3 heterocycles. The third-order valence-corrected chi connectivity index (χ3v) is 9.39. The molecule has 0 spiro atoms. The lowest BCUT2D eigenvalue weighted by atomic mass is 9.89. The molecule has 0 atom stereocenters. The van der Waals surface area contributed by atoms with Crippen molar-refractivity contribution in [1.82, 2.24) is 13.8 Å². The summed E-state index contributed by atoms with van der Waals surface area (Å²) in [6.07, 6.45) is 6.59. The van der Waals surface area contributed by atoms with E-state index in [2.05, 4.69) is 11.8 Å². The summed E-state index contributed by atoms with van der Waals surface area (Å²) >= 11 is 0. The highest BCUT2D eigenvalue weighted by molar-refractivity contribution is 7.90. The summed E-state index contributed by atoms with van der Waals surface area (Å²) in [5.74, 6) is 0.812. The highest BCUT2D eigenvalue weighted by Crippen LogP contribution is 2.36.